The number of aliphatic hydroxyl groups is 1. The topological polar surface area (TPSA) is 70.4 Å². The van der Waals surface area contributed by atoms with Crippen LogP contribution in [0.4, 0.5) is 10.2 Å². The number of aryl methyl sites for hydroxylation is 1. The van der Waals surface area contributed by atoms with Gasteiger partial charge in [-0.3, -0.25) is 9.69 Å². The minimum absolute atomic E-state index is 0.150. The number of anilines is 1. The number of aliphatic hydroxyl groups excluding tert-OH is 1. The molecule has 2 heterocycles. The quantitative estimate of drug-likeness (QED) is 0.868. The van der Waals surface area contributed by atoms with Gasteiger partial charge in [0.1, 0.15) is 17.3 Å². The van der Waals surface area contributed by atoms with Gasteiger partial charge in [-0.25, -0.2) is 9.07 Å². The highest BCUT2D eigenvalue weighted by molar-refractivity contribution is 5.91. The highest BCUT2D eigenvalue weighted by atomic mass is 19.1. The molecule has 25 heavy (non-hydrogen) atoms. The fraction of sp³-hybridized carbons (Fsp3) is 0.444. The van der Waals surface area contributed by atoms with Crippen LogP contribution in [0.5, 0.6) is 0 Å². The second-order valence-corrected chi connectivity index (χ2v) is 6.51. The fourth-order valence-corrected chi connectivity index (χ4v) is 3.23. The van der Waals surface area contributed by atoms with E-state index < -0.39 is 5.82 Å². The van der Waals surface area contributed by atoms with E-state index in [4.69, 9.17) is 0 Å². The first-order chi connectivity index (χ1) is 12.1. The summed E-state index contributed by atoms with van der Waals surface area (Å²) >= 11 is 0. The number of piperidine rings is 1. The lowest BCUT2D eigenvalue weighted by Crippen LogP contribution is -2.41. The lowest BCUT2D eigenvalue weighted by atomic mass is 9.99. The van der Waals surface area contributed by atoms with Gasteiger partial charge in [0.2, 0.25) is 5.91 Å². The molecule has 1 atom stereocenters. The van der Waals surface area contributed by atoms with Crippen LogP contribution in [0.25, 0.3) is 5.69 Å². The summed E-state index contributed by atoms with van der Waals surface area (Å²) in [6.45, 7) is 3.75. The molecule has 0 spiro atoms. The summed E-state index contributed by atoms with van der Waals surface area (Å²) in [5.41, 5.74) is 0.987. The Morgan fingerprint density at radius 2 is 2.24 bits per heavy atom. The number of carbonyl (C=O) groups excluding carboxylic acids is 1. The fourth-order valence-electron chi connectivity index (χ4n) is 3.23. The predicted octanol–water partition coefficient (Wildman–Crippen LogP) is 1.96. The number of hydrogen-bond donors (Lipinski definition) is 2. The van der Waals surface area contributed by atoms with E-state index >= 15 is 0 Å². The molecule has 1 fully saturated rings. The third kappa shape index (κ3) is 4.24. The molecule has 2 aromatic rings. The van der Waals surface area contributed by atoms with Crippen molar-refractivity contribution in [1.82, 2.24) is 14.7 Å². The van der Waals surface area contributed by atoms with Crippen molar-refractivity contribution in [2.45, 2.75) is 19.8 Å². The highest BCUT2D eigenvalue weighted by Gasteiger charge is 2.22. The van der Waals surface area contributed by atoms with Crippen molar-refractivity contribution < 1.29 is 14.3 Å². The van der Waals surface area contributed by atoms with Gasteiger partial charge in [0, 0.05) is 19.2 Å². The minimum Gasteiger partial charge on any atom is -0.396 e. The molecule has 0 bridgehead atoms. The summed E-state index contributed by atoms with van der Waals surface area (Å²) in [7, 11) is 0. The van der Waals surface area contributed by atoms with Gasteiger partial charge in [-0.2, -0.15) is 5.10 Å². The molecule has 0 aliphatic carbocycles. The van der Waals surface area contributed by atoms with Gasteiger partial charge in [0.05, 0.1) is 12.2 Å². The number of halogens is 1. The molecule has 1 aliphatic rings. The van der Waals surface area contributed by atoms with Crippen molar-refractivity contribution in [1.29, 1.82) is 0 Å². The number of hydrogen-bond acceptors (Lipinski definition) is 4. The van der Waals surface area contributed by atoms with Crippen LogP contribution in [0.3, 0.4) is 0 Å². The molecule has 1 aromatic heterocycles. The molecule has 0 radical (unpaired) electrons. The summed E-state index contributed by atoms with van der Waals surface area (Å²) in [5, 5.41) is 16.4. The average Bonchev–Trinajstić information content (AvgIpc) is 2.95. The number of aromatic nitrogens is 2. The van der Waals surface area contributed by atoms with Crippen LogP contribution in [0.1, 0.15) is 18.5 Å². The third-order valence-corrected chi connectivity index (χ3v) is 4.41. The molecular formula is C18H23FN4O2. The van der Waals surface area contributed by atoms with E-state index in [0.717, 1.165) is 25.9 Å². The Kier molecular flexibility index (Phi) is 5.45. The molecule has 1 aromatic carbocycles. The van der Waals surface area contributed by atoms with Crippen LogP contribution in [0, 0.1) is 18.7 Å². The van der Waals surface area contributed by atoms with E-state index in [2.05, 4.69) is 10.4 Å². The van der Waals surface area contributed by atoms with Crippen molar-refractivity contribution in [3.63, 3.8) is 0 Å². The Morgan fingerprint density at radius 1 is 1.44 bits per heavy atom. The second-order valence-electron chi connectivity index (χ2n) is 6.51. The van der Waals surface area contributed by atoms with Crippen LogP contribution in [0.2, 0.25) is 0 Å². The predicted molar refractivity (Wildman–Crippen MR) is 93.1 cm³/mol. The summed E-state index contributed by atoms with van der Waals surface area (Å²) in [5.74, 6) is 0.107. The third-order valence-electron chi connectivity index (χ3n) is 4.41. The van der Waals surface area contributed by atoms with Gasteiger partial charge in [-0.1, -0.05) is 12.1 Å². The van der Waals surface area contributed by atoms with Gasteiger partial charge in [-0.15, -0.1) is 0 Å². The summed E-state index contributed by atoms with van der Waals surface area (Å²) < 4.78 is 15.5. The Hall–Kier alpha value is -2.25. The lowest BCUT2D eigenvalue weighted by Gasteiger charge is -2.31. The number of amides is 1. The molecule has 6 nitrogen and oxygen atoms in total. The summed E-state index contributed by atoms with van der Waals surface area (Å²) in [6.07, 6.45) is 1.97. The van der Waals surface area contributed by atoms with E-state index in [1.54, 1.807) is 31.2 Å². The Bertz CT molecular complexity index is 746. The van der Waals surface area contributed by atoms with Crippen molar-refractivity contribution in [3.8, 4) is 5.69 Å². The number of nitrogens with one attached hydrogen (secondary N) is 1. The molecule has 7 heteroatoms. The zero-order valence-corrected chi connectivity index (χ0v) is 14.3. The zero-order valence-electron chi connectivity index (χ0n) is 14.3. The molecule has 1 unspecified atom stereocenters. The maximum absolute atomic E-state index is 14.1. The number of benzene rings is 1. The SMILES string of the molecule is Cc1cc(NC(=O)CN2CCCC(CO)C2)n(-c2ccccc2F)n1. The van der Waals surface area contributed by atoms with Crippen LogP contribution in [-0.4, -0.2) is 51.9 Å². The van der Waals surface area contributed by atoms with E-state index in [1.165, 1.54) is 10.7 Å². The van der Waals surface area contributed by atoms with Crippen molar-refractivity contribution in [2.24, 2.45) is 5.92 Å². The number of carbonyl (C=O) groups is 1. The first kappa shape index (κ1) is 17.6. The molecule has 1 aliphatic heterocycles. The number of likely N-dealkylation sites (tertiary alicyclic amines) is 1. The van der Waals surface area contributed by atoms with E-state index in [-0.39, 0.29) is 25.0 Å². The summed E-state index contributed by atoms with van der Waals surface area (Å²) in [6, 6.07) is 8.04. The van der Waals surface area contributed by atoms with Crippen molar-refractivity contribution in [3.05, 3.63) is 41.8 Å². The normalized spacial score (nSPS) is 18.3. The average molecular weight is 346 g/mol. The standard InChI is InChI=1S/C18H23FN4O2/c1-13-9-17(23(21-13)16-7-3-2-6-15(16)19)20-18(25)11-22-8-4-5-14(10-22)12-24/h2-3,6-7,9,14,24H,4-5,8,10-12H2,1H3,(H,20,25). The van der Waals surface area contributed by atoms with Gasteiger partial charge < -0.3 is 10.4 Å². The summed E-state index contributed by atoms with van der Waals surface area (Å²) in [4.78, 5) is 14.4. The van der Waals surface area contributed by atoms with Crippen LogP contribution in [0.15, 0.2) is 30.3 Å². The van der Waals surface area contributed by atoms with Gasteiger partial charge in [-0.05, 0) is 44.4 Å². The first-order valence-corrected chi connectivity index (χ1v) is 8.51. The van der Waals surface area contributed by atoms with Crippen LogP contribution < -0.4 is 5.32 Å². The van der Waals surface area contributed by atoms with Gasteiger partial charge >= 0.3 is 0 Å². The van der Waals surface area contributed by atoms with E-state index in [0.29, 0.717) is 17.2 Å². The largest absolute Gasteiger partial charge is 0.396 e. The molecule has 2 N–H and O–H groups in total. The Morgan fingerprint density at radius 3 is 3.00 bits per heavy atom. The molecular weight excluding hydrogens is 323 g/mol. The molecule has 0 saturated carbocycles. The Balaban J connectivity index is 1.71. The first-order valence-electron chi connectivity index (χ1n) is 8.51. The zero-order chi connectivity index (χ0) is 17.8. The van der Waals surface area contributed by atoms with Gasteiger partial charge in [0.15, 0.2) is 0 Å². The molecule has 3 rings (SSSR count). The maximum atomic E-state index is 14.1. The number of nitrogens with zero attached hydrogens (tertiary/aromatic N) is 3. The molecule has 1 saturated heterocycles. The lowest BCUT2D eigenvalue weighted by molar-refractivity contribution is -0.117. The van der Waals surface area contributed by atoms with E-state index in [9.17, 15) is 14.3 Å². The molecule has 1 amide bonds. The van der Waals surface area contributed by atoms with Gasteiger partial charge in [0.25, 0.3) is 0 Å². The van der Waals surface area contributed by atoms with Crippen molar-refractivity contribution in [2.75, 3.05) is 31.6 Å². The van der Waals surface area contributed by atoms with Crippen molar-refractivity contribution >= 4 is 11.7 Å². The Labute approximate surface area is 146 Å². The minimum atomic E-state index is -0.400. The van der Waals surface area contributed by atoms with Crippen LogP contribution in [-0.2, 0) is 4.79 Å². The second kappa shape index (κ2) is 7.76. The maximum Gasteiger partial charge on any atom is 0.239 e. The van der Waals surface area contributed by atoms with Crippen LogP contribution >= 0.6 is 0 Å². The monoisotopic (exact) mass is 346 g/mol. The number of rotatable bonds is 5. The highest BCUT2D eigenvalue weighted by Crippen LogP contribution is 2.20. The molecule has 134 valence electrons. The smallest absolute Gasteiger partial charge is 0.239 e. The van der Waals surface area contributed by atoms with E-state index in [1.807, 2.05) is 4.90 Å². The number of para-hydroxylation sites is 1.